The molecule has 0 bridgehead atoms. The van der Waals surface area contributed by atoms with Gasteiger partial charge in [-0.05, 0) is 31.4 Å². The van der Waals surface area contributed by atoms with Crippen molar-refractivity contribution in [3.05, 3.63) is 64.1 Å². The molecule has 1 aromatic carbocycles. The molecule has 144 valence electrons. The molecular formula is C21H26N2O4. The number of nitrogens with one attached hydrogen (secondary N) is 1. The van der Waals surface area contributed by atoms with E-state index in [-0.39, 0.29) is 11.5 Å². The molecule has 1 aliphatic heterocycles. The van der Waals surface area contributed by atoms with Gasteiger partial charge in [-0.15, -0.1) is 0 Å². The molecule has 1 amide bonds. The van der Waals surface area contributed by atoms with Crippen LogP contribution >= 0.6 is 0 Å². The van der Waals surface area contributed by atoms with Crippen LogP contribution in [0.1, 0.15) is 24.1 Å². The lowest BCUT2D eigenvalue weighted by Crippen LogP contribution is -2.49. The van der Waals surface area contributed by atoms with Crippen LogP contribution in [0, 0.1) is 6.92 Å². The third kappa shape index (κ3) is 4.06. The van der Waals surface area contributed by atoms with E-state index in [0.717, 1.165) is 11.3 Å². The molecule has 1 N–H and O–H groups in total. The van der Waals surface area contributed by atoms with Gasteiger partial charge in [0.25, 0.3) is 5.56 Å². The lowest BCUT2D eigenvalue weighted by Gasteiger charge is -2.36. The van der Waals surface area contributed by atoms with Gasteiger partial charge in [0.15, 0.2) is 0 Å². The molecule has 1 aromatic heterocycles. The van der Waals surface area contributed by atoms with Crippen molar-refractivity contribution in [2.24, 2.45) is 0 Å². The zero-order valence-electron chi connectivity index (χ0n) is 15.9. The maximum Gasteiger partial charge on any atom is 0.254 e. The van der Waals surface area contributed by atoms with Gasteiger partial charge in [0.05, 0.1) is 12.5 Å². The van der Waals surface area contributed by atoms with E-state index in [9.17, 15) is 9.59 Å². The molecule has 3 rings (SSSR count). The van der Waals surface area contributed by atoms with Gasteiger partial charge in [0.2, 0.25) is 5.91 Å². The minimum absolute atomic E-state index is 0.00351. The number of nitrogens with zero attached hydrogens (tertiary/aromatic N) is 1. The van der Waals surface area contributed by atoms with Crippen molar-refractivity contribution in [2.45, 2.75) is 31.7 Å². The number of methoxy groups -OCH3 is 1. The fraction of sp³-hybridized carbons (Fsp3) is 0.429. The highest BCUT2D eigenvalue weighted by atomic mass is 16.5. The third-order valence-corrected chi connectivity index (χ3v) is 5.27. The van der Waals surface area contributed by atoms with Crippen LogP contribution in [0.3, 0.4) is 0 Å². The van der Waals surface area contributed by atoms with Crippen LogP contribution in [0.5, 0.6) is 5.75 Å². The van der Waals surface area contributed by atoms with Crippen LogP contribution in [-0.4, -0.2) is 37.3 Å². The van der Waals surface area contributed by atoms with Gasteiger partial charge in [0, 0.05) is 38.1 Å². The second-order valence-corrected chi connectivity index (χ2v) is 6.84. The molecule has 0 atom stereocenters. The molecule has 27 heavy (non-hydrogen) atoms. The van der Waals surface area contributed by atoms with Crippen molar-refractivity contribution in [2.75, 3.05) is 26.9 Å². The van der Waals surface area contributed by atoms with Gasteiger partial charge in [0.1, 0.15) is 5.75 Å². The second-order valence-electron chi connectivity index (χ2n) is 6.84. The van der Waals surface area contributed by atoms with Gasteiger partial charge in [-0.2, -0.15) is 0 Å². The Hall–Kier alpha value is -2.60. The molecule has 0 aliphatic carbocycles. The molecule has 6 heteroatoms. The summed E-state index contributed by atoms with van der Waals surface area (Å²) in [5.41, 5.74) is 1.12. The van der Waals surface area contributed by atoms with Crippen molar-refractivity contribution in [1.82, 2.24) is 9.88 Å². The van der Waals surface area contributed by atoms with Crippen molar-refractivity contribution >= 4 is 5.91 Å². The summed E-state index contributed by atoms with van der Waals surface area (Å²) < 4.78 is 12.2. The molecule has 1 fully saturated rings. The standard InChI is InChI=1S/C21H26N2O4/c1-16-14-18(26-2)15-19(24)23(16)11-10-22-20(25)21(8-12-27-13-9-21)17-6-4-3-5-7-17/h3-7,14-15H,8-13H2,1-2H3,(H,22,25). The Morgan fingerprint density at radius 1 is 1.22 bits per heavy atom. The van der Waals surface area contributed by atoms with Gasteiger partial charge in [-0.25, -0.2) is 0 Å². The number of rotatable bonds is 6. The van der Waals surface area contributed by atoms with Crippen LogP contribution in [0.25, 0.3) is 0 Å². The molecule has 1 aliphatic rings. The quantitative estimate of drug-likeness (QED) is 0.845. The summed E-state index contributed by atoms with van der Waals surface area (Å²) in [6.45, 7) is 3.80. The van der Waals surface area contributed by atoms with E-state index >= 15 is 0 Å². The van der Waals surface area contributed by atoms with Crippen LogP contribution in [0.2, 0.25) is 0 Å². The first-order chi connectivity index (χ1) is 13.1. The average Bonchev–Trinajstić information content (AvgIpc) is 2.70. The van der Waals surface area contributed by atoms with Crippen molar-refractivity contribution in [1.29, 1.82) is 0 Å². The summed E-state index contributed by atoms with van der Waals surface area (Å²) in [6, 6.07) is 13.1. The lowest BCUT2D eigenvalue weighted by molar-refractivity contribution is -0.130. The maximum absolute atomic E-state index is 13.1. The summed E-state index contributed by atoms with van der Waals surface area (Å²) in [5, 5.41) is 3.04. The third-order valence-electron chi connectivity index (χ3n) is 5.27. The average molecular weight is 370 g/mol. The number of ether oxygens (including phenoxy) is 2. The number of carbonyl (C=O) groups excluding carboxylic acids is 1. The second kappa shape index (κ2) is 8.39. The minimum atomic E-state index is -0.570. The number of aryl methyl sites for hydroxylation is 1. The Bertz CT molecular complexity index is 839. The van der Waals surface area contributed by atoms with E-state index in [1.165, 1.54) is 13.2 Å². The Morgan fingerprint density at radius 3 is 2.56 bits per heavy atom. The van der Waals surface area contributed by atoms with E-state index in [2.05, 4.69) is 5.32 Å². The van der Waals surface area contributed by atoms with Crippen LogP contribution in [0.15, 0.2) is 47.3 Å². The molecule has 0 spiro atoms. The van der Waals surface area contributed by atoms with E-state index in [4.69, 9.17) is 9.47 Å². The number of amides is 1. The summed E-state index contributed by atoms with van der Waals surface area (Å²) >= 11 is 0. The first-order valence-corrected chi connectivity index (χ1v) is 9.24. The van der Waals surface area contributed by atoms with Crippen molar-refractivity contribution < 1.29 is 14.3 Å². The molecule has 0 unspecified atom stereocenters. The van der Waals surface area contributed by atoms with Gasteiger partial charge >= 0.3 is 0 Å². The Labute approximate surface area is 159 Å². The number of aromatic nitrogens is 1. The van der Waals surface area contributed by atoms with Crippen molar-refractivity contribution in [3.8, 4) is 5.75 Å². The molecule has 2 aromatic rings. The first kappa shape index (κ1) is 19.2. The SMILES string of the molecule is COc1cc(C)n(CCNC(=O)C2(c3ccccc3)CCOCC2)c(=O)c1. The highest BCUT2D eigenvalue weighted by molar-refractivity contribution is 5.88. The minimum Gasteiger partial charge on any atom is -0.496 e. The molecule has 0 saturated carbocycles. The van der Waals surface area contributed by atoms with Crippen LogP contribution in [0.4, 0.5) is 0 Å². The zero-order chi connectivity index (χ0) is 19.3. The largest absolute Gasteiger partial charge is 0.496 e. The zero-order valence-corrected chi connectivity index (χ0v) is 15.9. The molecule has 0 radical (unpaired) electrons. The lowest BCUT2D eigenvalue weighted by atomic mass is 9.73. The van der Waals surface area contributed by atoms with Crippen LogP contribution < -0.4 is 15.6 Å². The highest BCUT2D eigenvalue weighted by Crippen LogP contribution is 2.35. The molecule has 6 nitrogen and oxygen atoms in total. The van der Waals surface area contributed by atoms with E-state index in [1.54, 1.807) is 4.57 Å². The summed E-state index contributed by atoms with van der Waals surface area (Å²) in [6.07, 6.45) is 1.31. The number of carbonyl (C=O) groups is 1. The van der Waals surface area contributed by atoms with Crippen LogP contribution in [-0.2, 0) is 21.5 Å². The maximum atomic E-state index is 13.1. The Morgan fingerprint density at radius 2 is 1.93 bits per heavy atom. The Balaban J connectivity index is 1.72. The summed E-state index contributed by atoms with van der Waals surface area (Å²) in [7, 11) is 1.54. The number of hydrogen-bond donors (Lipinski definition) is 1. The van der Waals surface area contributed by atoms with Gasteiger partial charge < -0.3 is 19.4 Å². The Kier molecular flexibility index (Phi) is 5.96. The fourth-order valence-electron chi connectivity index (χ4n) is 3.68. The number of pyridine rings is 1. The molecular weight excluding hydrogens is 344 g/mol. The summed E-state index contributed by atoms with van der Waals surface area (Å²) in [4.78, 5) is 25.3. The monoisotopic (exact) mass is 370 g/mol. The van der Waals surface area contributed by atoms with E-state index in [1.807, 2.05) is 43.3 Å². The normalized spacial score (nSPS) is 15.9. The predicted octanol–water partition coefficient (Wildman–Crippen LogP) is 2.03. The highest BCUT2D eigenvalue weighted by Gasteiger charge is 2.41. The fourth-order valence-corrected chi connectivity index (χ4v) is 3.68. The van der Waals surface area contributed by atoms with E-state index < -0.39 is 5.41 Å². The van der Waals surface area contributed by atoms with Gasteiger partial charge in [-0.3, -0.25) is 9.59 Å². The topological polar surface area (TPSA) is 69.6 Å². The predicted molar refractivity (Wildman–Crippen MR) is 103 cm³/mol. The molecule has 1 saturated heterocycles. The number of benzene rings is 1. The molecule has 2 heterocycles. The number of hydrogen-bond acceptors (Lipinski definition) is 4. The van der Waals surface area contributed by atoms with Crippen molar-refractivity contribution in [3.63, 3.8) is 0 Å². The smallest absolute Gasteiger partial charge is 0.254 e. The van der Waals surface area contributed by atoms with Gasteiger partial charge in [-0.1, -0.05) is 30.3 Å². The first-order valence-electron chi connectivity index (χ1n) is 9.24. The van der Waals surface area contributed by atoms with E-state index in [0.29, 0.717) is 44.9 Å². The summed E-state index contributed by atoms with van der Waals surface area (Å²) in [5.74, 6) is 0.541.